The van der Waals surface area contributed by atoms with Gasteiger partial charge in [0.15, 0.2) is 0 Å². The fourth-order valence-electron chi connectivity index (χ4n) is 5.65. The first kappa shape index (κ1) is 32.9. The highest BCUT2D eigenvalue weighted by Gasteiger charge is 2.43. The zero-order valence-corrected chi connectivity index (χ0v) is 25.3. The van der Waals surface area contributed by atoms with Gasteiger partial charge in [-0.2, -0.15) is 26.3 Å². The van der Waals surface area contributed by atoms with Gasteiger partial charge in [0.2, 0.25) is 5.88 Å². The monoisotopic (exact) mass is 675 g/mol. The molecule has 1 N–H and O–H groups in total. The lowest BCUT2D eigenvalue weighted by atomic mass is 9.88. The molecule has 0 fully saturated rings. The molecular formula is C30H27F6NO6S2. The fourth-order valence-corrected chi connectivity index (χ4v) is 7.54. The molecule has 1 aromatic heterocycles. The summed E-state index contributed by atoms with van der Waals surface area (Å²) >= 11 is 1.46. The number of carboxylic acids is 1. The molecule has 1 unspecified atom stereocenters. The molecule has 0 radical (unpaired) electrons. The highest BCUT2D eigenvalue weighted by molar-refractivity contribution is 7.99. The standard InChI is InChI=1S/C30H27F6NO6S2/c1-45(40,41)9-3-8-42-17-11-22(29(31,32)33)28(23(12-17)30(34,35)36)20-5-2-4-19-18(20)6-7-24(19)43-26-13-25-21(14-37-26)16(15-44-25)10-27(38)39/h2,4-5,11-14,16,24H,3,6-10,15H2,1H3,(H,38,39)/t16-,24?/m1/s1. The van der Waals surface area contributed by atoms with Gasteiger partial charge in [0, 0.05) is 40.6 Å². The van der Waals surface area contributed by atoms with Crippen LogP contribution in [0, 0.1) is 0 Å². The molecule has 1 aliphatic carbocycles. The Bertz CT molecular complexity index is 1690. The molecule has 2 atom stereocenters. The minimum atomic E-state index is -5.18. The molecule has 0 bridgehead atoms. The van der Waals surface area contributed by atoms with Crippen LogP contribution >= 0.6 is 11.8 Å². The van der Waals surface area contributed by atoms with E-state index in [2.05, 4.69) is 4.98 Å². The van der Waals surface area contributed by atoms with Crippen LogP contribution in [0.15, 0.2) is 47.5 Å². The Kier molecular flexibility index (Phi) is 9.06. The fraction of sp³-hybridized carbons (Fsp3) is 0.400. The third-order valence-corrected chi connectivity index (χ3v) is 9.83. The predicted molar refractivity (Wildman–Crippen MR) is 153 cm³/mol. The second-order valence-corrected chi connectivity index (χ2v) is 14.2. The summed E-state index contributed by atoms with van der Waals surface area (Å²) in [5.74, 6) is -1.37. The lowest BCUT2D eigenvalue weighted by molar-refractivity contribution is -0.142. The average molecular weight is 676 g/mol. The van der Waals surface area contributed by atoms with Gasteiger partial charge in [-0.25, -0.2) is 13.4 Å². The number of carbonyl (C=O) groups is 1. The number of carboxylic acid groups (broad SMARTS) is 1. The zero-order valence-electron chi connectivity index (χ0n) is 23.7. The lowest BCUT2D eigenvalue weighted by Crippen LogP contribution is -2.16. The van der Waals surface area contributed by atoms with Crippen molar-refractivity contribution in [2.45, 2.75) is 55.0 Å². The van der Waals surface area contributed by atoms with E-state index in [0.29, 0.717) is 23.4 Å². The van der Waals surface area contributed by atoms with E-state index in [1.54, 1.807) is 18.3 Å². The molecule has 7 nitrogen and oxygen atoms in total. The highest BCUT2D eigenvalue weighted by atomic mass is 32.2. The van der Waals surface area contributed by atoms with Crippen LogP contribution in [0.2, 0.25) is 0 Å². The van der Waals surface area contributed by atoms with Crippen LogP contribution in [0.5, 0.6) is 11.6 Å². The predicted octanol–water partition coefficient (Wildman–Crippen LogP) is 7.33. The van der Waals surface area contributed by atoms with Crippen molar-refractivity contribution in [3.8, 4) is 22.8 Å². The van der Waals surface area contributed by atoms with Crippen molar-refractivity contribution in [2.75, 3.05) is 24.4 Å². The minimum absolute atomic E-state index is 0.0449. The molecule has 15 heteroatoms. The molecule has 1 aliphatic heterocycles. The van der Waals surface area contributed by atoms with Gasteiger partial charge in [0.25, 0.3) is 0 Å². The number of pyridine rings is 1. The van der Waals surface area contributed by atoms with Crippen LogP contribution in [0.4, 0.5) is 26.3 Å². The Labute approximate surface area is 258 Å². The van der Waals surface area contributed by atoms with E-state index in [1.807, 2.05) is 0 Å². The number of rotatable bonds is 10. The number of aliphatic carboxylic acids is 1. The summed E-state index contributed by atoms with van der Waals surface area (Å²) < 4.78 is 120. The van der Waals surface area contributed by atoms with E-state index in [9.17, 15) is 39.6 Å². The molecule has 5 rings (SSSR count). The number of fused-ring (bicyclic) bond motifs is 2. The number of alkyl halides is 6. The summed E-state index contributed by atoms with van der Waals surface area (Å²) in [7, 11) is -3.40. The van der Waals surface area contributed by atoms with E-state index in [-0.39, 0.29) is 54.4 Å². The second-order valence-electron chi connectivity index (χ2n) is 10.9. The van der Waals surface area contributed by atoms with Crippen molar-refractivity contribution in [3.63, 3.8) is 0 Å². The number of thioether (sulfide) groups is 1. The number of nitrogens with zero attached hydrogens (tertiary/aromatic N) is 1. The summed E-state index contributed by atoms with van der Waals surface area (Å²) in [6, 6.07) is 6.89. The van der Waals surface area contributed by atoms with Crippen LogP contribution in [-0.4, -0.2) is 48.8 Å². The summed E-state index contributed by atoms with van der Waals surface area (Å²) in [4.78, 5) is 16.3. The van der Waals surface area contributed by atoms with E-state index in [4.69, 9.17) is 14.6 Å². The Hall–Kier alpha value is -3.46. The van der Waals surface area contributed by atoms with Crippen LogP contribution in [0.25, 0.3) is 11.1 Å². The third-order valence-electron chi connectivity index (χ3n) is 7.57. The van der Waals surface area contributed by atoms with Gasteiger partial charge < -0.3 is 14.6 Å². The first-order chi connectivity index (χ1) is 21.0. The molecule has 242 valence electrons. The minimum Gasteiger partial charge on any atom is -0.494 e. The number of sulfone groups is 1. The van der Waals surface area contributed by atoms with Crippen molar-refractivity contribution in [1.29, 1.82) is 0 Å². The van der Waals surface area contributed by atoms with Crippen LogP contribution in [0.3, 0.4) is 0 Å². The molecule has 2 heterocycles. The van der Waals surface area contributed by atoms with Crippen molar-refractivity contribution >= 4 is 27.6 Å². The normalized spacial score (nSPS) is 18.0. The van der Waals surface area contributed by atoms with E-state index in [0.717, 1.165) is 16.7 Å². The maximum absolute atomic E-state index is 14.4. The average Bonchev–Trinajstić information content (AvgIpc) is 3.52. The number of benzene rings is 2. The highest BCUT2D eigenvalue weighted by Crippen LogP contribution is 2.50. The molecule has 0 saturated carbocycles. The van der Waals surface area contributed by atoms with E-state index >= 15 is 0 Å². The van der Waals surface area contributed by atoms with Crippen molar-refractivity contribution in [3.05, 3.63) is 70.4 Å². The van der Waals surface area contributed by atoms with Gasteiger partial charge in [-0.3, -0.25) is 4.79 Å². The van der Waals surface area contributed by atoms with Gasteiger partial charge in [-0.15, -0.1) is 11.8 Å². The quantitative estimate of drug-likeness (QED) is 0.176. The van der Waals surface area contributed by atoms with Gasteiger partial charge in [-0.1, -0.05) is 18.2 Å². The molecule has 0 amide bonds. The van der Waals surface area contributed by atoms with Crippen LogP contribution in [-0.2, 0) is 33.4 Å². The van der Waals surface area contributed by atoms with Crippen molar-refractivity contribution in [2.24, 2.45) is 0 Å². The van der Waals surface area contributed by atoms with Crippen LogP contribution < -0.4 is 9.47 Å². The topological polar surface area (TPSA) is 103 Å². The number of hydrogen-bond donors (Lipinski definition) is 1. The zero-order chi connectivity index (χ0) is 32.7. The number of aromatic nitrogens is 1. The Morgan fingerprint density at radius 1 is 1.07 bits per heavy atom. The first-order valence-corrected chi connectivity index (χ1v) is 16.8. The second kappa shape index (κ2) is 12.4. The van der Waals surface area contributed by atoms with Gasteiger partial charge in [-0.05, 0) is 53.6 Å². The molecule has 45 heavy (non-hydrogen) atoms. The SMILES string of the molecule is CS(=O)(=O)CCCOc1cc(C(F)(F)F)c(-c2cccc3c2CCC3Oc2cc3c(cn2)[C@H](CC(=O)O)CS3)c(C(F)(F)F)c1. The number of hydrogen-bond acceptors (Lipinski definition) is 7. The van der Waals surface area contributed by atoms with Crippen LogP contribution in [0.1, 0.15) is 59.1 Å². The molecule has 0 spiro atoms. The molecule has 3 aromatic rings. The summed E-state index contributed by atoms with van der Waals surface area (Å²) in [5.41, 5.74) is -2.79. The molecule has 0 saturated heterocycles. The van der Waals surface area contributed by atoms with Gasteiger partial charge >= 0.3 is 18.3 Å². The van der Waals surface area contributed by atoms with Crippen molar-refractivity contribution in [1.82, 2.24) is 4.98 Å². The number of halogens is 6. The Morgan fingerprint density at radius 3 is 2.38 bits per heavy atom. The van der Waals surface area contributed by atoms with Gasteiger partial charge in [0.1, 0.15) is 21.7 Å². The van der Waals surface area contributed by atoms with Gasteiger partial charge in [0.05, 0.1) is 29.9 Å². The molecule has 2 aliphatic rings. The van der Waals surface area contributed by atoms with E-state index < -0.39 is 63.3 Å². The first-order valence-electron chi connectivity index (χ1n) is 13.8. The summed E-state index contributed by atoms with van der Waals surface area (Å²) in [5, 5.41) is 9.14. The van der Waals surface area contributed by atoms with Crippen molar-refractivity contribution < 1.29 is 54.1 Å². The molecular weight excluding hydrogens is 648 g/mol. The number of ether oxygens (including phenoxy) is 2. The summed E-state index contributed by atoms with van der Waals surface area (Å²) in [6.07, 6.45) is -8.27. The maximum Gasteiger partial charge on any atom is 0.417 e. The Balaban J connectivity index is 1.49. The molecule has 2 aromatic carbocycles. The lowest BCUT2D eigenvalue weighted by Gasteiger charge is -2.23. The summed E-state index contributed by atoms with van der Waals surface area (Å²) in [6.45, 7) is -0.393. The maximum atomic E-state index is 14.4. The smallest absolute Gasteiger partial charge is 0.417 e. The largest absolute Gasteiger partial charge is 0.494 e. The third kappa shape index (κ3) is 7.51. The Morgan fingerprint density at radius 2 is 1.76 bits per heavy atom. The van der Waals surface area contributed by atoms with E-state index in [1.165, 1.54) is 23.9 Å².